The van der Waals surface area contributed by atoms with Gasteiger partial charge in [-0.25, -0.2) is 4.99 Å². The Morgan fingerprint density at radius 1 is 1.00 bits per heavy atom. The molecule has 5 nitrogen and oxygen atoms in total. The molecule has 0 heterocycles. The van der Waals surface area contributed by atoms with Crippen LogP contribution in [0.1, 0.15) is 41.8 Å². The molecule has 0 saturated heterocycles. The molecule has 2 aromatic carbocycles. The lowest BCUT2D eigenvalue weighted by molar-refractivity contribution is 0.0953. The first kappa shape index (κ1) is 20.8. The Balaban J connectivity index is 1.99. The molecule has 0 bridgehead atoms. The van der Waals surface area contributed by atoms with Crippen LogP contribution in [0.2, 0.25) is 5.02 Å². The summed E-state index contributed by atoms with van der Waals surface area (Å²) in [7, 11) is 0. The van der Waals surface area contributed by atoms with Crippen LogP contribution in [0.3, 0.4) is 0 Å². The van der Waals surface area contributed by atoms with E-state index in [0.29, 0.717) is 25.2 Å². The van der Waals surface area contributed by atoms with E-state index in [9.17, 15) is 4.79 Å². The van der Waals surface area contributed by atoms with Crippen molar-refractivity contribution >= 4 is 23.5 Å². The maximum atomic E-state index is 12.1. The van der Waals surface area contributed by atoms with E-state index in [2.05, 4.69) is 20.9 Å². The number of carbonyl (C=O) groups excluding carboxylic acids is 1. The van der Waals surface area contributed by atoms with Gasteiger partial charge in [0.1, 0.15) is 0 Å². The van der Waals surface area contributed by atoms with Crippen molar-refractivity contribution in [2.75, 3.05) is 13.1 Å². The zero-order chi connectivity index (χ0) is 19.5. The standard InChI is InChI=1S/C21H27ClN4O/c1-3-12-24-20(27)18-7-5-6-17(13-18)15-26-21(23-4-2)25-14-16-8-10-19(22)11-9-16/h5-11,13H,3-4,12,14-15H2,1-2H3,(H,24,27)(H2,23,25,26). The molecule has 0 saturated carbocycles. The summed E-state index contributed by atoms with van der Waals surface area (Å²) >= 11 is 5.92. The summed E-state index contributed by atoms with van der Waals surface area (Å²) in [5.74, 6) is 0.684. The van der Waals surface area contributed by atoms with Crippen LogP contribution in [0.4, 0.5) is 0 Å². The Kier molecular flexibility index (Phi) is 8.65. The Bertz CT molecular complexity index is 759. The van der Waals surface area contributed by atoms with E-state index in [1.165, 1.54) is 0 Å². The second-order valence-corrected chi connectivity index (χ2v) is 6.57. The van der Waals surface area contributed by atoms with Crippen LogP contribution in [0.25, 0.3) is 0 Å². The van der Waals surface area contributed by atoms with Crippen LogP contribution < -0.4 is 16.0 Å². The predicted octanol–water partition coefficient (Wildman–Crippen LogP) is 3.74. The molecule has 0 spiro atoms. The van der Waals surface area contributed by atoms with E-state index in [-0.39, 0.29) is 5.91 Å². The molecule has 0 fully saturated rings. The van der Waals surface area contributed by atoms with E-state index in [0.717, 1.165) is 35.1 Å². The molecule has 0 aliphatic carbocycles. The third-order valence-electron chi connectivity index (χ3n) is 3.86. The topological polar surface area (TPSA) is 65.5 Å². The Morgan fingerprint density at radius 3 is 2.48 bits per heavy atom. The minimum absolute atomic E-state index is 0.0459. The highest BCUT2D eigenvalue weighted by Crippen LogP contribution is 2.09. The summed E-state index contributed by atoms with van der Waals surface area (Å²) in [5.41, 5.74) is 2.78. The molecule has 0 atom stereocenters. The van der Waals surface area contributed by atoms with E-state index in [4.69, 9.17) is 11.6 Å². The van der Waals surface area contributed by atoms with Crippen molar-refractivity contribution in [1.29, 1.82) is 0 Å². The first-order chi connectivity index (χ1) is 13.1. The zero-order valence-electron chi connectivity index (χ0n) is 15.9. The van der Waals surface area contributed by atoms with Crippen LogP contribution in [0.5, 0.6) is 0 Å². The van der Waals surface area contributed by atoms with Crippen molar-refractivity contribution in [3.63, 3.8) is 0 Å². The number of aliphatic imine (C=N–C) groups is 1. The Labute approximate surface area is 166 Å². The van der Waals surface area contributed by atoms with Gasteiger partial charge in [-0.1, -0.05) is 42.8 Å². The fourth-order valence-corrected chi connectivity index (χ4v) is 2.58. The molecule has 6 heteroatoms. The second-order valence-electron chi connectivity index (χ2n) is 6.13. The fraction of sp³-hybridized carbons (Fsp3) is 0.333. The lowest BCUT2D eigenvalue weighted by Crippen LogP contribution is -2.36. The fourth-order valence-electron chi connectivity index (χ4n) is 2.45. The van der Waals surface area contributed by atoms with E-state index in [1.807, 2.05) is 62.4 Å². The number of halogens is 1. The highest BCUT2D eigenvalue weighted by molar-refractivity contribution is 6.30. The van der Waals surface area contributed by atoms with Gasteiger partial charge in [0, 0.05) is 30.2 Å². The van der Waals surface area contributed by atoms with Gasteiger partial charge in [0.05, 0.1) is 6.54 Å². The lowest BCUT2D eigenvalue weighted by atomic mass is 10.1. The van der Waals surface area contributed by atoms with Crippen molar-refractivity contribution < 1.29 is 4.79 Å². The summed E-state index contributed by atoms with van der Waals surface area (Å²) in [4.78, 5) is 16.7. The maximum Gasteiger partial charge on any atom is 0.251 e. The molecule has 0 aliphatic heterocycles. The summed E-state index contributed by atoms with van der Waals surface area (Å²) in [6.07, 6.45) is 0.918. The SMILES string of the molecule is CCCNC(=O)c1cccc(CN=C(NCC)NCc2ccc(Cl)cc2)c1. The van der Waals surface area contributed by atoms with Crippen LogP contribution >= 0.6 is 11.6 Å². The third-order valence-corrected chi connectivity index (χ3v) is 4.11. The Morgan fingerprint density at radius 2 is 1.78 bits per heavy atom. The van der Waals surface area contributed by atoms with Crippen LogP contribution in [0.15, 0.2) is 53.5 Å². The van der Waals surface area contributed by atoms with Crippen molar-refractivity contribution in [1.82, 2.24) is 16.0 Å². The number of carbonyl (C=O) groups is 1. The first-order valence-corrected chi connectivity index (χ1v) is 9.64. The van der Waals surface area contributed by atoms with Crippen LogP contribution in [-0.4, -0.2) is 25.0 Å². The highest BCUT2D eigenvalue weighted by atomic mass is 35.5. The normalized spacial score (nSPS) is 11.1. The van der Waals surface area contributed by atoms with E-state index >= 15 is 0 Å². The van der Waals surface area contributed by atoms with Crippen molar-refractivity contribution in [2.45, 2.75) is 33.4 Å². The first-order valence-electron chi connectivity index (χ1n) is 9.26. The van der Waals surface area contributed by atoms with Gasteiger partial charge in [0.25, 0.3) is 5.91 Å². The summed E-state index contributed by atoms with van der Waals surface area (Å²) in [5, 5.41) is 10.2. The number of guanidine groups is 1. The lowest BCUT2D eigenvalue weighted by Gasteiger charge is -2.12. The molecule has 2 rings (SSSR count). The van der Waals surface area contributed by atoms with E-state index in [1.54, 1.807) is 0 Å². The van der Waals surface area contributed by atoms with Gasteiger partial charge in [-0.3, -0.25) is 4.79 Å². The van der Waals surface area contributed by atoms with Gasteiger partial charge in [-0.15, -0.1) is 0 Å². The van der Waals surface area contributed by atoms with Crippen molar-refractivity contribution in [3.05, 3.63) is 70.2 Å². The number of rotatable bonds is 8. The quantitative estimate of drug-likeness (QED) is 0.478. The molecule has 1 amide bonds. The van der Waals surface area contributed by atoms with E-state index < -0.39 is 0 Å². The zero-order valence-corrected chi connectivity index (χ0v) is 16.6. The summed E-state index contributed by atoms with van der Waals surface area (Å²) < 4.78 is 0. The monoisotopic (exact) mass is 386 g/mol. The van der Waals surface area contributed by atoms with Crippen LogP contribution in [-0.2, 0) is 13.1 Å². The number of hydrogen-bond acceptors (Lipinski definition) is 2. The average molecular weight is 387 g/mol. The predicted molar refractivity (Wildman–Crippen MR) is 112 cm³/mol. The maximum absolute atomic E-state index is 12.1. The molecular formula is C21H27ClN4O. The van der Waals surface area contributed by atoms with Gasteiger partial charge < -0.3 is 16.0 Å². The highest BCUT2D eigenvalue weighted by Gasteiger charge is 2.05. The molecule has 2 aromatic rings. The summed E-state index contributed by atoms with van der Waals surface area (Å²) in [6.45, 7) is 6.66. The minimum atomic E-state index is -0.0459. The molecule has 27 heavy (non-hydrogen) atoms. The van der Waals surface area contributed by atoms with Crippen molar-refractivity contribution in [3.8, 4) is 0 Å². The minimum Gasteiger partial charge on any atom is -0.357 e. The largest absolute Gasteiger partial charge is 0.357 e. The molecule has 0 aliphatic rings. The number of benzene rings is 2. The van der Waals surface area contributed by atoms with Gasteiger partial charge in [-0.2, -0.15) is 0 Å². The summed E-state index contributed by atoms with van der Waals surface area (Å²) in [6, 6.07) is 15.3. The van der Waals surface area contributed by atoms with Gasteiger partial charge in [0.15, 0.2) is 5.96 Å². The Hall–Kier alpha value is -2.53. The smallest absolute Gasteiger partial charge is 0.251 e. The number of nitrogens with zero attached hydrogens (tertiary/aromatic N) is 1. The average Bonchev–Trinajstić information content (AvgIpc) is 2.69. The molecule has 0 unspecified atom stereocenters. The number of hydrogen-bond donors (Lipinski definition) is 3. The molecule has 0 aromatic heterocycles. The number of amides is 1. The van der Waals surface area contributed by atoms with Gasteiger partial charge in [-0.05, 0) is 48.7 Å². The van der Waals surface area contributed by atoms with Gasteiger partial charge >= 0.3 is 0 Å². The third kappa shape index (κ3) is 7.31. The van der Waals surface area contributed by atoms with Crippen LogP contribution in [0, 0.1) is 0 Å². The molecule has 0 radical (unpaired) electrons. The second kappa shape index (κ2) is 11.2. The molecular weight excluding hydrogens is 360 g/mol. The molecule has 144 valence electrons. The van der Waals surface area contributed by atoms with Crippen molar-refractivity contribution in [2.24, 2.45) is 4.99 Å². The number of nitrogens with one attached hydrogen (secondary N) is 3. The van der Waals surface area contributed by atoms with Gasteiger partial charge in [0.2, 0.25) is 0 Å². The molecule has 3 N–H and O–H groups in total.